The number of halogens is 2. The first kappa shape index (κ1) is 21.4. The van der Waals surface area contributed by atoms with Crippen molar-refractivity contribution in [3.05, 3.63) is 86.4 Å². The molecule has 1 fully saturated rings. The van der Waals surface area contributed by atoms with E-state index in [4.69, 9.17) is 27.6 Å². The predicted octanol–water partition coefficient (Wildman–Crippen LogP) is 6.69. The van der Waals surface area contributed by atoms with E-state index in [2.05, 4.69) is 0 Å². The van der Waals surface area contributed by atoms with Gasteiger partial charge in [-0.25, -0.2) is 0 Å². The van der Waals surface area contributed by atoms with Gasteiger partial charge in [-0.1, -0.05) is 53.5 Å². The second-order valence-electron chi connectivity index (χ2n) is 6.84. The highest BCUT2D eigenvalue weighted by molar-refractivity contribution is 8.18. The fourth-order valence-corrected chi connectivity index (χ4v) is 4.33. The van der Waals surface area contributed by atoms with Crippen molar-refractivity contribution in [3.63, 3.8) is 0 Å². The number of hydrogen-bond donors (Lipinski definition) is 0. The summed E-state index contributed by atoms with van der Waals surface area (Å²) in [6.45, 7) is 1.57. The summed E-state index contributed by atoms with van der Waals surface area (Å²) in [7, 11) is 0. The Hall–Kier alpha value is -2.80. The SMILES string of the molecule is CC(=O)c1ccc(-c2ccc(/C=C3/SC(=O)N(Cc4ccc(Cl)cc4Cl)C3=O)o2)cc1. The maximum Gasteiger partial charge on any atom is 0.293 e. The molecule has 0 aliphatic carbocycles. The molecule has 4 rings (SSSR count). The van der Waals surface area contributed by atoms with E-state index in [1.54, 1.807) is 60.7 Å². The van der Waals surface area contributed by atoms with Crippen LogP contribution in [0.1, 0.15) is 28.6 Å². The van der Waals surface area contributed by atoms with E-state index in [9.17, 15) is 14.4 Å². The normalized spacial score (nSPS) is 15.2. The number of amides is 2. The van der Waals surface area contributed by atoms with Gasteiger partial charge >= 0.3 is 0 Å². The van der Waals surface area contributed by atoms with Crippen LogP contribution in [0.5, 0.6) is 0 Å². The summed E-state index contributed by atoms with van der Waals surface area (Å²) >= 11 is 12.9. The molecule has 0 saturated carbocycles. The summed E-state index contributed by atoms with van der Waals surface area (Å²) in [5.74, 6) is 0.612. The van der Waals surface area contributed by atoms with Gasteiger partial charge in [0, 0.05) is 27.2 Å². The van der Waals surface area contributed by atoms with Gasteiger partial charge in [-0.15, -0.1) is 0 Å². The monoisotopic (exact) mass is 471 g/mol. The molecular weight excluding hydrogens is 457 g/mol. The molecule has 0 atom stereocenters. The molecule has 1 aliphatic heterocycles. The van der Waals surface area contributed by atoms with Crippen LogP contribution in [0.25, 0.3) is 17.4 Å². The summed E-state index contributed by atoms with van der Waals surface area (Å²) < 4.78 is 5.81. The van der Waals surface area contributed by atoms with Gasteiger partial charge in [0.2, 0.25) is 0 Å². The van der Waals surface area contributed by atoms with Crippen LogP contribution < -0.4 is 0 Å². The van der Waals surface area contributed by atoms with Crippen LogP contribution in [0.4, 0.5) is 4.79 Å². The Morgan fingerprint density at radius 1 is 1.06 bits per heavy atom. The third kappa shape index (κ3) is 4.61. The molecule has 8 heteroatoms. The number of hydrogen-bond acceptors (Lipinski definition) is 5. The maximum absolute atomic E-state index is 12.8. The summed E-state index contributed by atoms with van der Waals surface area (Å²) in [5, 5.41) is 0.489. The summed E-state index contributed by atoms with van der Waals surface area (Å²) in [6, 6.07) is 15.5. The first-order valence-electron chi connectivity index (χ1n) is 9.22. The molecule has 0 bridgehead atoms. The lowest BCUT2D eigenvalue weighted by atomic mass is 10.1. The molecule has 3 aromatic rings. The van der Waals surface area contributed by atoms with Crippen LogP contribution >= 0.6 is 35.0 Å². The molecule has 0 unspecified atom stereocenters. The molecule has 2 amide bonds. The van der Waals surface area contributed by atoms with E-state index in [1.165, 1.54) is 6.92 Å². The number of imide groups is 1. The molecule has 1 aromatic heterocycles. The minimum absolute atomic E-state index is 0.0118. The number of carbonyl (C=O) groups is 3. The lowest BCUT2D eigenvalue weighted by molar-refractivity contribution is -0.123. The molecule has 1 saturated heterocycles. The van der Waals surface area contributed by atoms with Crippen LogP contribution in [0.15, 0.2) is 63.9 Å². The van der Waals surface area contributed by atoms with Gasteiger partial charge in [0.1, 0.15) is 11.5 Å². The molecule has 5 nitrogen and oxygen atoms in total. The van der Waals surface area contributed by atoms with Crippen molar-refractivity contribution >= 4 is 58.0 Å². The second kappa shape index (κ2) is 8.75. The minimum atomic E-state index is -0.412. The first-order chi connectivity index (χ1) is 14.8. The summed E-state index contributed by atoms with van der Waals surface area (Å²) in [6.07, 6.45) is 1.54. The van der Waals surface area contributed by atoms with Gasteiger partial charge in [-0.05, 0) is 48.5 Å². The van der Waals surface area contributed by atoms with Gasteiger partial charge in [0.15, 0.2) is 5.78 Å². The minimum Gasteiger partial charge on any atom is -0.457 e. The Morgan fingerprint density at radius 2 is 1.81 bits per heavy atom. The zero-order valence-corrected chi connectivity index (χ0v) is 18.6. The third-order valence-electron chi connectivity index (χ3n) is 4.69. The quantitative estimate of drug-likeness (QED) is 0.306. The van der Waals surface area contributed by atoms with E-state index in [0.717, 1.165) is 22.2 Å². The third-order valence-corrected chi connectivity index (χ3v) is 6.19. The van der Waals surface area contributed by atoms with Crippen molar-refractivity contribution in [3.8, 4) is 11.3 Å². The van der Waals surface area contributed by atoms with E-state index < -0.39 is 5.91 Å². The summed E-state index contributed by atoms with van der Waals surface area (Å²) in [5.41, 5.74) is 2.05. The smallest absolute Gasteiger partial charge is 0.293 e. The zero-order chi connectivity index (χ0) is 22.1. The Morgan fingerprint density at radius 3 is 2.48 bits per heavy atom. The Labute approximate surface area is 192 Å². The average Bonchev–Trinajstić information content (AvgIpc) is 3.30. The van der Waals surface area contributed by atoms with E-state index in [-0.39, 0.29) is 22.5 Å². The number of furan rings is 1. The number of rotatable bonds is 5. The first-order valence-corrected chi connectivity index (χ1v) is 10.8. The van der Waals surface area contributed by atoms with Crippen molar-refractivity contribution < 1.29 is 18.8 Å². The van der Waals surface area contributed by atoms with Crippen molar-refractivity contribution in [2.24, 2.45) is 0 Å². The lowest BCUT2D eigenvalue weighted by Gasteiger charge is -2.13. The van der Waals surface area contributed by atoms with Crippen molar-refractivity contribution in [1.29, 1.82) is 0 Å². The topological polar surface area (TPSA) is 67.6 Å². The molecule has 2 heterocycles. The molecule has 1 aliphatic rings. The maximum atomic E-state index is 12.8. The average molecular weight is 472 g/mol. The van der Waals surface area contributed by atoms with Crippen LogP contribution in [-0.4, -0.2) is 21.8 Å². The number of Topliss-reactive ketones (excluding diaryl/α,β-unsaturated/α-hetero) is 1. The largest absolute Gasteiger partial charge is 0.457 e. The molecular formula is C23H15Cl2NO4S. The highest BCUT2D eigenvalue weighted by atomic mass is 35.5. The fourth-order valence-electron chi connectivity index (χ4n) is 3.04. The Bertz CT molecular complexity index is 1230. The number of nitrogens with zero attached hydrogens (tertiary/aromatic N) is 1. The van der Waals surface area contributed by atoms with Crippen LogP contribution in [0.3, 0.4) is 0 Å². The van der Waals surface area contributed by atoms with Crippen molar-refractivity contribution in [1.82, 2.24) is 4.90 Å². The van der Waals surface area contributed by atoms with E-state index in [0.29, 0.717) is 32.7 Å². The lowest BCUT2D eigenvalue weighted by Crippen LogP contribution is -2.27. The van der Waals surface area contributed by atoms with Gasteiger partial charge in [0.25, 0.3) is 11.1 Å². The number of benzene rings is 2. The van der Waals surface area contributed by atoms with Crippen molar-refractivity contribution in [2.75, 3.05) is 0 Å². The zero-order valence-electron chi connectivity index (χ0n) is 16.2. The van der Waals surface area contributed by atoms with Crippen LogP contribution in [0, 0.1) is 0 Å². The predicted molar refractivity (Wildman–Crippen MR) is 122 cm³/mol. The van der Waals surface area contributed by atoms with Gasteiger partial charge < -0.3 is 4.42 Å². The second-order valence-corrected chi connectivity index (χ2v) is 8.68. The molecule has 2 aromatic carbocycles. The van der Waals surface area contributed by atoms with Gasteiger partial charge in [0.05, 0.1) is 11.4 Å². The Balaban J connectivity index is 1.52. The fraction of sp³-hybridized carbons (Fsp3) is 0.0870. The standard InChI is InChI=1S/C23H15Cl2NO4S/c1-13(27)14-2-4-15(5-3-14)20-9-8-18(30-20)11-21-22(28)26(23(29)31-21)12-16-6-7-17(24)10-19(16)25/h2-11H,12H2,1H3/b21-11+. The molecule has 0 radical (unpaired) electrons. The van der Waals surface area contributed by atoms with Gasteiger partial charge in [-0.3, -0.25) is 19.3 Å². The van der Waals surface area contributed by atoms with E-state index in [1.807, 2.05) is 0 Å². The van der Waals surface area contributed by atoms with Crippen molar-refractivity contribution in [2.45, 2.75) is 13.5 Å². The van der Waals surface area contributed by atoms with Gasteiger partial charge in [-0.2, -0.15) is 0 Å². The van der Waals surface area contributed by atoms with E-state index >= 15 is 0 Å². The number of thioether (sulfide) groups is 1. The summed E-state index contributed by atoms with van der Waals surface area (Å²) in [4.78, 5) is 38.0. The number of ketones is 1. The molecule has 0 N–H and O–H groups in total. The number of carbonyl (C=O) groups excluding carboxylic acids is 3. The van der Waals surface area contributed by atoms with Crippen LogP contribution in [0.2, 0.25) is 10.0 Å². The molecule has 31 heavy (non-hydrogen) atoms. The molecule has 0 spiro atoms. The molecule has 156 valence electrons. The highest BCUT2D eigenvalue weighted by Gasteiger charge is 2.35. The highest BCUT2D eigenvalue weighted by Crippen LogP contribution is 2.35. The van der Waals surface area contributed by atoms with Crippen LogP contribution in [-0.2, 0) is 11.3 Å². The Kier molecular flexibility index (Phi) is 6.05.